The van der Waals surface area contributed by atoms with Gasteiger partial charge in [-0.1, -0.05) is 11.6 Å². The maximum absolute atomic E-state index is 12.5. The van der Waals surface area contributed by atoms with Crippen molar-refractivity contribution in [3.63, 3.8) is 0 Å². The molecule has 3 aromatic rings. The number of carbonyl (C=O) groups is 1. The molecule has 0 aliphatic carbocycles. The average molecular weight is 428 g/mol. The number of anilines is 1. The normalized spacial score (nSPS) is 11.8. The van der Waals surface area contributed by atoms with Gasteiger partial charge < -0.3 is 10.1 Å². The highest BCUT2D eigenvalue weighted by atomic mass is 35.5. The van der Waals surface area contributed by atoms with Gasteiger partial charge in [-0.2, -0.15) is 0 Å². The lowest BCUT2D eigenvalue weighted by molar-refractivity contribution is -0.122. The van der Waals surface area contributed by atoms with E-state index in [4.69, 9.17) is 16.3 Å². The summed E-state index contributed by atoms with van der Waals surface area (Å²) in [6, 6.07) is 14.8. The van der Waals surface area contributed by atoms with E-state index < -0.39 is 6.10 Å². The Bertz CT molecular complexity index is 1000. The van der Waals surface area contributed by atoms with Crippen LogP contribution in [0, 0.1) is 20.8 Å². The summed E-state index contributed by atoms with van der Waals surface area (Å²) in [7, 11) is 0. The number of ether oxygens (including phenoxy) is 1. The summed E-state index contributed by atoms with van der Waals surface area (Å²) in [5.41, 5.74) is 3.46. The number of aromatic nitrogens is 2. The zero-order chi connectivity index (χ0) is 21.0. The van der Waals surface area contributed by atoms with E-state index in [2.05, 4.69) is 15.3 Å². The molecule has 0 spiro atoms. The topological polar surface area (TPSA) is 64.1 Å². The summed E-state index contributed by atoms with van der Waals surface area (Å²) in [5.74, 6) is 0.412. The lowest BCUT2D eigenvalue weighted by Crippen LogP contribution is -2.30. The summed E-state index contributed by atoms with van der Waals surface area (Å²) in [5, 5.41) is 4.21. The van der Waals surface area contributed by atoms with Crippen molar-refractivity contribution in [3.8, 4) is 5.75 Å². The molecular weight excluding hydrogens is 406 g/mol. The van der Waals surface area contributed by atoms with Gasteiger partial charge >= 0.3 is 0 Å². The molecule has 0 fully saturated rings. The zero-order valence-electron chi connectivity index (χ0n) is 16.7. The zero-order valence-corrected chi connectivity index (χ0v) is 18.3. The molecule has 1 amide bonds. The number of nitrogens with zero attached hydrogens (tertiary/aromatic N) is 2. The minimum Gasteiger partial charge on any atom is -0.481 e. The van der Waals surface area contributed by atoms with Crippen molar-refractivity contribution >= 4 is 35.0 Å². The van der Waals surface area contributed by atoms with Crippen molar-refractivity contribution in [2.75, 3.05) is 5.32 Å². The molecule has 1 N–H and O–H groups in total. The Balaban J connectivity index is 1.60. The predicted octanol–water partition coefficient (Wildman–Crippen LogP) is 5.61. The third-order valence-corrected chi connectivity index (χ3v) is 5.21. The van der Waals surface area contributed by atoms with Crippen LogP contribution in [0.25, 0.3) is 0 Å². The summed E-state index contributed by atoms with van der Waals surface area (Å²) < 4.78 is 5.77. The third kappa shape index (κ3) is 5.95. The quantitative estimate of drug-likeness (QED) is 0.518. The number of benzene rings is 2. The molecule has 3 rings (SSSR count). The Morgan fingerprint density at radius 2 is 1.69 bits per heavy atom. The molecular formula is C22H22ClN3O2S. The van der Waals surface area contributed by atoms with E-state index in [0.717, 1.165) is 21.8 Å². The number of rotatable bonds is 6. The molecule has 0 saturated heterocycles. The Kier molecular flexibility index (Phi) is 6.77. The van der Waals surface area contributed by atoms with Crippen molar-refractivity contribution in [2.24, 2.45) is 0 Å². The van der Waals surface area contributed by atoms with Crippen molar-refractivity contribution in [1.29, 1.82) is 0 Å². The van der Waals surface area contributed by atoms with Gasteiger partial charge in [0.25, 0.3) is 5.91 Å². The smallest absolute Gasteiger partial charge is 0.265 e. The molecule has 0 saturated carbocycles. The first-order valence-corrected chi connectivity index (χ1v) is 10.3. The number of amides is 1. The van der Waals surface area contributed by atoms with Crippen LogP contribution in [-0.4, -0.2) is 22.0 Å². The first kappa shape index (κ1) is 21.1. The molecule has 0 aliphatic rings. The van der Waals surface area contributed by atoms with Crippen molar-refractivity contribution in [1.82, 2.24) is 9.97 Å². The minimum absolute atomic E-state index is 0.225. The van der Waals surface area contributed by atoms with E-state index in [1.54, 1.807) is 25.1 Å². The van der Waals surface area contributed by atoms with Gasteiger partial charge in [0.1, 0.15) is 5.75 Å². The van der Waals surface area contributed by atoms with Crippen LogP contribution in [0.2, 0.25) is 5.02 Å². The van der Waals surface area contributed by atoms with Crippen LogP contribution in [0.1, 0.15) is 23.9 Å². The number of carbonyl (C=O) groups excluding carboxylic acids is 1. The van der Waals surface area contributed by atoms with Gasteiger partial charge in [0.2, 0.25) is 0 Å². The highest BCUT2D eigenvalue weighted by molar-refractivity contribution is 7.99. The second-order valence-electron chi connectivity index (χ2n) is 6.72. The largest absolute Gasteiger partial charge is 0.481 e. The molecule has 1 aromatic heterocycles. The minimum atomic E-state index is -0.646. The monoisotopic (exact) mass is 427 g/mol. The molecule has 29 heavy (non-hydrogen) atoms. The average Bonchev–Trinajstić information content (AvgIpc) is 2.64. The fourth-order valence-corrected chi connectivity index (χ4v) is 3.77. The van der Waals surface area contributed by atoms with Crippen molar-refractivity contribution in [2.45, 2.75) is 43.9 Å². The van der Waals surface area contributed by atoms with Gasteiger partial charge in [0.15, 0.2) is 11.3 Å². The van der Waals surface area contributed by atoms with Crippen LogP contribution in [0.5, 0.6) is 5.75 Å². The third-order valence-electron chi connectivity index (χ3n) is 4.10. The molecule has 1 unspecified atom stereocenters. The molecule has 0 aliphatic heterocycles. The van der Waals surface area contributed by atoms with Gasteiger partial charge in [-0.05, 0) is 93.6 Å². The molecule has 2 aromatic carbocycles. The van der Waals surface area contributed by atoms with Crippen LogP contribution in [-0.2, 0) is 4.79 Å². The fourth-order valence-electron chi connectivity index (χ4n) is 2.68. The van der Waals surface area contributed by atoms with Gasteiger partial charge in [-0.15, -0.1) is 0 Å². The van der Waals surface area contributed by atoms with Crippen LogP contribution in [0.3, 0.4) is 0 Å². The SMILES string of the molecule is Cc1cc(C)nc(Sc2ccc(NC(=O)C(C)Oc3ccc(Cl)cc3C)cc2)n1. The van der Waals surface area contributed by atoms with E-state index in [9.17, 15) is 4.79 Å². The molecule has 7 heteroatoms. The van der Waals surface area contributed by atoms with E-state index in [1.165, 1.54) is 11.8 Å². The molecule has 150 valence electrons. The maximum atomic E-state index is 12.5. The number of hydrogen-bond acceptors (Lipinski definition) is 5. The van der Waals surface area contributed by atoms with Gasteiger partial charge in [0.05, 0.1) is 0 Å². The maximum Gasteiger partial charge on any atom is 0.265 e. The second-order valence-corrected chi connectivity index (χ2v) is 8.20. The van der Waals surface area contributed by atoms with E-state index in [-0.39, 0.29) is 5.91 Å². The predicted molar refractivity (Wildman–Crippen MR) is 117 cm³/mol. The molecule has 1 heterocycles. The van der Waals surface area contributed by atoms with E-state index in [1.807, 2.05) is 51.1 Å². The summed E-state index contributed by atoms with van der Waals surface area (Å²) in [4.78, 5) is 22.3. The van der Waals surface area contributed by atoms with Crippen LogP contribution >= 0.6 is 23.4 Å². The van der Waals surface area contributed by atoms with E-state index >= 15 is 0 Å². The van der Waals surface area contributed by atoms with Crippen LogP contribution < -0.4 is 10.1 Å². The molecule has 0 bridgehead atoms. The highest BCUT2D eigenvalue weighted by Gasteiger charge is 2.16. The number of halogens is 1. The molecule has 5 nitrogen and oxygen atoms in total. The second kappa shape index (κ2) is 9.29. The lowest BCUT2D eigenvalue weighted by atomic mass is 10.2. The van der Waals surface area contributed by atoms with Crippen molar-refractivity contribution in [3.05, 3.63) is 70.5 Å². The molecule has 1 atom stereocenters. The summed E-state index contributed by atoms with van der Waals surface area (Å²) >= 11 is 7.44. The lowest BCUT2D eigenvalue weighted by Gasteiger charge is -2.16. The Morgan fingerprint density at radius 1 is 1.03 bits per heavy atom. The van der Waals surface area contributed by atoms with E-state index in [0.29, 0.717) is 21.6 Å². The van der Waals surface area contributed by atoms with Gasteiger partial charge in [-0.25, -0.2) is 9.97 Å². The standard InChI is InChI=1S/C22H22ClN3O2S/c1-13-11-17(23)5-10-20(13)28-16(4)21(27)26-18-6-8-19(9-7-18)29-22-24-14(2)12-15(3)25-22/h5-12,16H,1-4H3,(H,26,27). The highest BCUT2D eigenvalue weighted by Crippen LogP contribution is 2.27. The van der Waals surface area contributed by atoms with Crippen LogP contribution in [0.15, 0.2) is 58.6 Å². The fraction of sp³-hybridized carbons (Fsp3) is 0.227. The number of aryl methyl sites for hydroxylation is 3. The van der Waals surface area contributed by atoms with Gasteiger partial charge in [-0.3, -0.25) is 4.79 Å². The summed E-state index contributed by atoms with van der Waals surface area (Å²) in [6.07, 6.45) is -0.646. The molecule has 0 radical (unpaired) electrons. The van der Waals surface area contributed by atoms with Crippen LogP contribution in [0.4, 0.5) is 5.69 Å². The van der Waals surface area contributed by atoms with Crippen molar-refractivity contribution < 1.29 is 9.53 Å². The summed E-state index contributed by atoms with van der Waals surface area (Å²) in [6.45, 7) is 7.50. The van der Waals surface area contributed by atoms with Gasteiger partial charge in [0, 0.05) is 27.0 Å². The number of hydrogen-bond donors (Lipinski definition) is 1. The first-order valence-electron chi connectivity index (χ1n) is 9.14. The Morgan fingerprint density at radius 3 is 2.31 bits per heavy atom. The first-order chi connectivity index (χ1) is 13.8. The Labute approximate surface area is 179 Å². The number of nitrogens with one attached hydrogen (secondary N) is 1. The Hall–Kier alpha value is -2.57.